The van der Waals surface area contributed by atoms with E-state index in [4.69, 9.17) is 5.11 Å². The second kappa shape index (κ2) is 9.17. The van der Waals surface area contributed by atoms with Gasteiger partial charge in [-0.2, -0.15) is 0 Å². The summed E-state index contributed by atoms with van der Waals surface area (Å²) in [5.74, 6) is 0.0703. The molecule has 0 saturated carbocycles. The molecular formula is C21H32N2O3. The van der Waals surface area contributed by atoms with Crippen molar-refractivity contribution in [2.75, 3.05) is 27.2 Å². The predicted molar refractivity (Wildman–Crippen MR) is 103 cm³/mol. The summed E-state index contributed by atoms with van der Waals surface area (Å²) in [5, 5.41) is 9.02. The standard InChI is InChI=1S/C21H32N2O3/c1-15(2)13-16-5-7-17(8-6-16)21(26)23-12-11-19(22(3)4)18(14-23)9-10-20(24)25/h5-8,15,18-19H,9-14H2,1-4H3,(H,24,25)/t18-,19+/m1/s1. The Kier molecular flexibility index (Phi) is 7.21. The lowest BCUT2D eigenvalue weighted by atomic mass is 9.87. The van der Waals surface area contributed by atoms with Gasteiger partial charge in [-0.3, -0.25) is 9.59 Å². The van der Waals surface area contributed by atoms with Crippen molar-refractivity contribution in [1.82, 2.24) is 9.80 Å². The average Bonchev–Trinajstić information content (AvgIpc) is 2.59. The van der Waals surface area contributed by atoms with Gasteiger partial charge in [-0.15, -0.1) is 0 Å². The topological polar surface area (TPSA) is 60.9 Å². The van der Waals surface area contributed by atoms with E-state index in [9.17, 15) is 9.59 Å². The van der Waals surface area contributed by atoms with Gasteiger partial charge in [0.05, 0.1) is 0 Å². The quantitative estimate of drug-likeness (QED) is 0.811. The van der Waals surface area contributed by atoms with Crippen LogP contribution >= 0.6 is 0 Å². The molecule has 1 N–H and O–H groups in total. The third kappa shape index (κ3) is 5.56. The van der Waals surface area contributed by atoms with E-state index in [2.05, 4.69) is 18.7 Å². The minimum atomic E-state index is -0.772. The lowest BCUT2D eigenvalue weighted by Gasteiger charge is -2.41. The van der Waals surface area contributed by atoms with Gasteiger partial charge in [0, 0.05) is 31.1 Å². The van der Waals surface area contributed by atoms with Crippen LogP contribution in [-0.2, 0) is 11.2 Å². The Morgan fingerprint density at radius 1 is 1.23 bits per heavy atom. The van der Waals surface area contributed by atoms with Gasteiger partial charge in [-0.25, -0.2) is 0 Å². The predicted octanol–water partition coefficient (Wildman–Crippen LogP) is 3.14. The van der Waals surface area contributed by atoms with E-state index >= 15 is 0 Å². The highest BCUT2D eigenvalue weighted by atomic mass is 16.4. The zero-order valence-corrected chi connectivity index (χ0v) is 16.4. The highest BCUT2D eigenvalue weighted by molar-refractivity contribution is 5.94. The second-order valence-corrected chi connectivity index (χ2v) is 8.06. The first kappa shape index (κ1) is 20.4. The van der Waals surface area contributed by atoms with Gasteiger partial charge < -0.3 is 14.9 Å². The third-order valence-electron chi connectivity index (χ3n) is 5.22. The molecule has 0 unspecified atom stereocenters. The normalized spacial score (nSPS) is 20.6. The van der Waals surface area contributed by atoms with Crippen molar-refractivity contribution >= 4 is 11.9 Å². The number of piperidine rings is 1. The zero-order valence-electron chi connectivity index (χ0n) is 16.4. The van der Waals surface area contributed by atoms with Crippen molar-refractivity contribution < 1.29 is 14.7 Å². The summed E-state index contributed by atoms with van der Waals surface area (Å²) in [6.07, 6.45) is 2.66. The molecule has 1 fully saturated rings. The number of benzene rings is 1. The number of aliphatic carboxylic acids is 1. The summed E-state index contributed by atoms with van der Waals surface area (Å²) in [5.41, 5.74) is 1.97. The monoisotopic (exact) mass is 360 g/mol. The number of carboxylic acid groups (broad SMARTS) is 1. The number of rotatable bonds is 7. The summed E-state index contributed by atoms with van der Waals surface area (Å²) >= 11 is 0. The van der Waals surface area contributed by atoms with Gasteiger partial charge in [0.15, 0.2) is 0 Å². The van der Waals surface area contributed by atoms with Crippen LogP contribution in [0.1, 0.15) is 49.0 Å². The van der Waals surface area contributed by atoms with Crippen molar-refractivity contribution in [3.8, 4) is 0 Å². The fraction of sp³-hybridized carbons (Fsp3) is 0.619. The Morgan fingerprint density at radius 2 is 1.88 bits per heavy atom. The van der Waals surface area contributed by atoms with Crippen LogP contribution in [0, 0.1) is 11.8 Å². The van der Waals surface area contributed by atoms with Crippen LogP contribution in [0.4, 0.5) is 0 Å². The molecular weight excluding hydrogens is 328 g/mol. The molecule has 1 aliphatic rings. The molecule has 1 amide bonds. The fourth-order valence-electron chi connectivity index (χ4n) is 3.91. The van der Waals surface area contributed by atoms with E-state index in [-0.39, 0.29) is 18.2 Å². The molecule has 5 heteroatoms. The van der Waals surface area contributed by atoms with Crippen LogP contribution in [0.2, 0.25) is 0 Å². The van der Waals surface area contributed by atoms with E-state index in [1.54, 1.807) is 0 Å². The number of carbonyl (C=O) groups is 2. The number of hydrogen-bond acceptors (Lipinski definition) is 3. The minimum Gasteiger partial charge on any atom is -0.481 e. The molecule has 5 nitrogen and oxygen atoms in total. The summed E-state index contributed by atoms with van der Waals surface area (Å²) in [4.78, 5) is 27.9. The summed E-state index contributed by atoms with van der Waals surface area (Å²) in [6, 6.07) is 8.25. The first-order valence-electron chi connectivity index (χ1n) is 9.54. The number of likely N-dealkylation sites (tertiary alicyclic amines) is 1. The molecule has 26 heavy (non-hydrogen) atoms. The fourth-order valence-corrected chi connectivity index (χ4v) is 3.91. The second-order valence-electron chi connectivity index (χ2n) is 8.06. The Morgan fingerprint density at radius 3 is 2.42 bits per heavy atom. The van der Waals surface area contributed by atoms with Crippen LogP contribution in [-0.4, -0.2) is 60.0 Å². The highest BCUT2D eigenvalue weighted by Crippen LogP contribution is 2.26. The Labute approximate surface area is 157 Å². The van der Waals surface area contributed by atoms with Crippen molar-refractivity contribution in [2.45, 2.75) is 45.6 Å². The van der Waals surface area contributed by atoms with E-state index in [1.807, 2.05) is 43.3 Å². The number of nitrogens with zero attached hydrogens (tertiary/aromatic N) is 2. The van der Waals surface area contributed by atoms with Crippen LogP contribution in [0.3, 0.4) is 0 Å². The molecule has 1 aliphatic heterocycles. The first-order valence-corrected chi connectivity index (χ1v) is 9.54. The van der Waals surface area contributed by atoms with Gasteiger partial charge in [0.2, 0.25) is 0 Å². The summed E-state index contributed by atoms with van der Waals surface area (Å²) < 4.78 is 0. The molecule has 0 spiro atoms. The zero-order chi connectivity index (χ0) is 19.3. The molecule has 0 bridgehead atoms. The van der Waals surface area contributed by atoms with Gasteiger partial charge in [0.1, 0.15) is 0 Å². The summed E-state index contributed by atoms with van der Waals surface area (Å²) in [6.45, 7) is 5.72. The third-order valence-corrected chi connectivity index (χ3v) is 5.22. The van der Waals surface area contributed by atoms with Crippen LogP contribution in [0.25, 0.3) is 0 Å². The maximum Gasteiger partial charge on any atom is 0.303 e. The van der Waals surface area contributed by atoms with Crippen molar-refractivity contribution in [3.05, 3.63) is 35.4 Å². The molecule has 1 aromatic rings. The van der Waals surface area contributed by atoms with E-state index < -0.39 is 5.97 Å². The molecule has 0 aromatic heterocycles. The van der Waals surface area contributed by atoms with Crippen LogP contribution in [0.15, 0.2) is 24.3 Å². The van der Waals surface area contributed by atoms with E-state index in [0.717, 1.165) is 24.9 Å². The van der Waals surface area contributed by atoms with Crippen LogP contribution in [0.5, 0.6) is 0 Å². The molecule has 2 rings (SSSR count). The molecule has 1 aromatic carbocycles. The van der Waals surface area contributed by atoms with Gasteiger partial charge >= 0.3 is 5.97 Å². The van der Waals surface area contributed by atoms with Crippen molar-refractivity contribution in [1.29, 1.82) is 0 Å². The van der Waals surface area contributed by atoms with Gasteiger partial charge in [-0.1, -0.05) is 26.0 Å². The number of carbonyl (C=O) groups excluding carboxylic acids is 1. The maximum atomic E-state index is 12.9. The van der Waals surface area contributed by atoms with Gasteiger partial charge in [-0.05, 0) is 62.9 Å². The van der Waals surface area contributed by atoms with E-state index in [1.165, 1.54) is 5.56 Å². The SMILES string of the molecule is CC(C)Cc1ccc(C(=O)N2CC[C@H](N(C)C)[C@H](CCC(=O)O)C2)cc1. The molecule has 144 valence electrons. The molecule has 0 radical (unpaired) electrons. The smallest absolute Gasteiger partial charge is 0.303 e. The Hall–Kier alpha value is -1.88. The molecule has 1 heterocycles. The Bertz CT molecular complexity index is 610. The summed E-state index contributed by atoms with van der Waals surface area (Å²) in [7, 11) is 4.06. The molecule has 2 atom stereocenters. The number of hydrogen-bond donors (Lipinski definition) is 1. The van der Waals surface area contributed by atoms with Crippen LogP contribution < -0.4 is 0 Å². The van der Waals surface area contributed by atoms with Gasteiger partial charge in [0.25, 0.3) is 5.91 Å². The van der Waals surface area contributed by atoms with E-state index in [0.29, 0.717) is 24.9 Å². The number of amides is 1. The maximum absolute atomic E-state index is 12.9. The Balaban J connectivity index is 2.05. The number of carboxylic acids is 1. The largest absolute Gasteiger partial charge is 0.481 e. The molecule has 0 aliphatic carbocycles. The minimum absolute atomic E-state index is 0.0543. The highest BCUT2D eigenvalue weighted by Gasteiger charge is 2.33. The first-order chi connectivity index (χ1) is 12.3. The lowest BCUT2D eigenvalue weighted by Crippen LogP contribution is -2.50. The average molecular weight is 360 g/mol. The molecule has 1 saturated heterocycles. The van der Waals surface area contributed by atoms with Crippen molar-refractivity contribution in [2.24, 2.45) is 11.8 Å². The lowest BCUT2D eigenvalue weighted by molar-refractivity contribution is -0.137. The van der Waals surface area contributed by atoms with Crippen molar-refractivity contribution in [3.63, 3.8) is 0 Å².